The Morgan fingerprint density at radius 2 is 2.00 bits per heavy atom. The van der Waals surface area contributed by atoms with E-state index in [1.54, 1.807) is 11.8 Å². The SMILES string of the molecule is CC[C@@H](C[C@H](C)CO)NC(=O)CSc1ccc(C)cc1. The molecule has 0 spiro atoms. The van der Waals surface area contributed by atoms with Gasteiger partial charge in [-0.2, -0.15) is 0 Å². The second-order valence-electron chi connectivity index (χ2n) is 5.30. The molecule has 0 aliphatic rings. The molecule has 1 amide bonds. The highest BCUT2D eigenvalue weighted by molar-refractivity contribution is 8.00. The van der Waals surface area contributed by atoms with Crippen LogP contribution >= 0.6 is 11.8 Å². The molecule has 112 valence electrons. The van der Waals surface area contributed by atoms with Gasteiger partial charge in [0, 0.05) is 17.5 Å². The van der Waals surface area contributed by atoms with Crippen LogP contribution in [0, 0.1) is 12.8 Å². The molecule has 0 aliphatic carbocycles. The van der Waals surface area contributed by atoms with Crippen molar-refractivity contribution < 1.29 is 9.90 Å². The van der Waals surface area contributed by atoms with E-state index in [0.29, 0.717) is 5.75 Å². The number of nitrogens with one attached hydrogen (secondary N) is 1. The van der Waals surface area contributed by atoms with Gasteiger partial charge in [0.05, 0.1) is 5.75 Å². The van der Waals surface area contributed by atoms with Crippen LogP contribution in [0.4, 0.5) is 0 Å². The lowest BCUT2D eigenvalue weighted by atomic mass is 10.0. The summed E-state index contributed by atoms with van der Waals surface area (Å²) in [6.45, 7) is 6.28. The lowest BCUT2D eigenvalue weighted by molar-refractivity contribution is -0.119. The van der Waals surface area contributed by atoms with Crippen molar-refractivity contribution in [3.8, 4) is 0 Å². The fourth-order valence-corrected chi connectivity index (χ4v) is 2.65. The van der Waals surface area contributed by atoms with Gasteiger partial charge in [0.25, 0.3) is 0 Å². The zero-order chi connectivity index (χ0) is 15.0. The van der Waals surface area contributed by atoms with Crippen LogP contribution in [0.5, 0.6) is 0 Å². The van der Waals surface area contributed by atoms with Crippen molar-refractivity contribution in [1.29, 1.82) is 0 Å². The molecule has 0 bridgehead atoms. The predicted octanol–water partition coefficient (Wildman–Crippen LogP) is 3.00. The minimum absolute atomic E-state index is 0.0626. The maximum absolute atomic E-state index is 11.9. The minimum Gasteiger partial charge on any atom is -0.396 e. The maximum atomic E-state index is 11.9. The summed E-state index contributed by atoms with van der Waals surface area (Å²) in [4.78, 5) is 13.0. The van der Waals surface area contributed by atoms with Gasteiger partial charge in [-0.25, -0.2) is 0 Å². The molecule has 0 fully saturated rings. The van der Waals surface area contributed by atoms with E-state index in [-0.39, 0.29) is 24.5 Å². The van der Waals surface area contributed by atoms with E-state index in [1.807, 2.05) is 19.1 Å². The Morgan fingerprint density at radius 1 is 1.35 bits per heavy atom. The topological polar surface area (TPSA) is 49.3 Å². The van der Waals surface area contributed by atoms with E-state index < -0.39 is 0 Å². The standard InChI is InChI=1S/C16H25NO2S/c1-4-14(9-13(3)10-18)17-16(19)11-20-15-7-5-12(2)6-8-15/h5-8,13-14,18H,4,9-11H2,1-3H3,(H,17,19)/t13-,14-/m0/s1. The number of benzene rings is 1. The molecule has 1 aromatic carbocycles. The number of aryl methyl sites for hydroxylation is 1. The van der Waals surface area contributed by atoms with Crippen molar-refractivity contribution in [2.75, 3.05) is 12.4 Å². The molecule has 0 unspecified atom stereocenters. The minimum atomic E-state index is 0.0626. The van der Waals surface area contributed by atoms with Crippen LogP contribution < -0.4 is 5.32 Å². The average molecular weight is 295 g/mol. The summed E-state index contributed by atoms with van der Waals surface area (Å²) in [5.41, 5.74) is 1.22. The molecule has 2 atom stereocenters. The van der Waals surface area contributed by atoms with E-state index in [4.69, 9.17) is 5.11 Å². The van der Waals surface area contributed by atoms with Crippen LogP contribution in [0.25, 0.3) is 0 Å². The number of thioether (sulfide) groups is 1. The van der Waals surface area contributed by atoms with Gasteiger partial charge in [0.2, 0.25) is 5.91 Å². The summed E-state index contributed by atoms with van der Waals surface area (Å²) in [6, 6.07) is 8.34. The Hall–Kier alpha value is -1.00. The van der Waals surface area contributed by atoms with Crippen molar-refractivity contribution in [3.05, 3.63) is 29.8 Å². The molecule has 4 heteroatoms. The number of hydrogen-bond acceptors (Lipinski definition) is 3. The highest BCUT2D eigenvalue weighted by Crippen LogP contribution is 2.18. The molecule has 0 heterocycles. The van der Waals surface area contributed by atoms with E-state index in [0.717, 1.165) is 17.7 Å². The second-order valence-corrected chi connectivity index (χ2v) is 6.35. The Balaban J connectivity index is 2.36. The normalized spacial score (nSPS) is 13.8. The number of hydrogen-bond donors (Lipinski definition) is 2. The molecule has 2 N–H and O–H groups in total. The van der Waals surface area contributed by atoms with Gasteiger partial charge in [0.15, 0.2) is 0 Å². The van der Waals surface area contributed by atoms with E-state index in [2.05, 4.69) is 31.3 Å². The maximum Gasteiger partial charge on any atom is 0.230 e. The van der Waals surface area contributed by atoms with Crippen LogP contribution in [0.1, 0.15) is 32.3 Å². The first kappa shape index (κ1) is 17.1. The molecule has 1 rings (SSSR count). The van der Waals surface area contributed by atoms with Crippen LogP contribution in [0.15, 0.2) is 29.2 Å². The van der Waals surface area contributed by atoms with Gasteiger partial charge in [-0.1, -0.05) is 31.5 Å². The monoisotopic (exact) mass is 295 g/mol. The number of amides is 1. The quantitative estimate of drug-likeness (QED) is 0.725. The highest BCUT2D eigenvalue weighted by Gasteiger charge is 2.13. The van der Waals surface area contributed by atoms with Crippen LogP contribution in [-0.4, -0.2) is 29.4 Å². The smallest absolute Gasteiger partial charge is 0.230 e. The molecule has 3 nitrogen and oxygen atoms in total. The van der Waals surface area contributed by atoms with Crippen LogP contribution in [-0.2, 0) is 4.79 Å². The molecule has 0 aromatic heterocycles. The lowest BCUT2D eigenvalue weighted by Crippen LogP contribution is -2.37. The zero-order valence-corrected chi connectivity index (χ0v) is 13.4. The zero-order valence-electron chi connectivity index (χ0n) is 12.6. The van der Waals surface area contributed by atoms with Gasteiger partial charge in [-0.15, -0.1) is 11.8 Å². The van der Waals surface area contributed by atoms with E-state index in [9.17, 15) is 4.79 Å². The highest BCUT2D eigenvalue weighted by atomic mass is 32.2. The molecule has 0 radical (unpaired) electrons. The number of aliphatic hydroxyl groups is 1. The Labute approximate surface area is 126 Å². The summed E-state index contributed by atoms with van der Waals surface area (Å²) in [7, 11) is 0. The third-order valence-corrected chi connectivity index (χ3v) is 4.26. The van der Waals surface area contributed by atoms with Crippen molar-refractivity contribution in [3.63, 3.8) is 0 Å². The molecule has 1 aromatic rings. The summed E-state index contributed by atoms with van der Waals surface area (Å²) in [5, 5.41) is 12.1. The summed E-state index contributed by atoms with van der Waals surface area (Å²) in [6.07, 6.45) is 1.72. The van der Waals surface area contributed by atoms with Crippen molar-refractivity contribution in [1.82, 2.24) is 5.32 Å². The fourth-order valence-electron chi connectivity index (χ4n) is 1.94. The van der Waals surface area contributed by atoms with Gasteiger partial charge in [-0.3, -0.25) is 4.79 Å². The third-order valence-electron chi connectivity index (χ3n) is 3.25. The van der Waals surface area contributed by atoms with Gasteiger partial charge in [-0.05, 0) is 37.8 Å². The van der Waals surface area contributed by atoms with E-state index >= 15 is 0 Å². The molecule has 0 aliphatic heterocycles. The number of aliphatic hydroxyl groups excluding tert-OH is 1. The van der Waals surface area contributed by atoms with Crippen molar-refractivity contribution in [2.24, 2.45) is 5.92 Å². The number of rotatable bonds is 8. The summed E-state index contributed by atoms with van der Waals surface area (Å²) in [5.74, 6) is 0.727. The van der Waals surface area contributed by atoms with Crippen molar-refractivity contribution >= 4 is 17.7 Å². The van der Waals surface area contributed by atoms with Gasteiger partial charge in [0.1, 0.15) is 0 Å². The molecule has 0 saturated heterocycles. The first-order valence-corrected chi connectivity index (χ1v) is 8.13. The molecular weight excluding hydrogens is 270 g/mol. The second kappa shape index (κ2) is 9.03. The van der Waals surface area contributed by atoms with Gasteiger partial charge >= 0.3 is 0 Å². The Morgan fingerprint density at radius 3 is 2.55 bits per heavy atom. The number of carbonyl (C=O) groups excluding carboxylic acids is 1. The Kier molecular flexibility index (Phi) is 7.70. The van der Waals surface area contributed by atoms with Gasteiger partial charge < -0.3 is 10.4 Å². The average Bonchev–Trinajstić information content (AvgIpc) is 2.45. The number of carbonyl (C=O) groups is 1. The summed E-state index contributed by atoms with van der Waals surface area (Å²) >= 11 is 1.55. The van der Waals surface area contributed by atoms with Crippen LogP contribution in [0.2, 0.25) is 0 Å². The Bertz CT molecular complexity index is 405. The van der Waals surface area contributed by atoms with E-state index in [1.165, 1.54) is 5.56 Å². The lowest BCUT2D eigenvalue weighted by Gasteiger charge is -2.19. The first-order chi connectivity index (χ1) is 9.55. The molecule has 20 heavy (non-hydrogen) atoms. The predicted molar refractivity (Wildman–Crippen MR) is 85.0 cm³/mol. The largest absolute Gasteiger partial charge is 0.396 e. The summed E-state index contributed by atoms with van der Waals surface area (Å²) < 4.78 is 0. The van der Waals surface area contributed by atoms with Crippen molar-refractivity contribution in [2.45, 2.75) is 44.6 Å². The van der Waals surface area contributed by atoms with Crippen LogP contribution in [0.3, 0.4) is 0 Å². The first-order valence-electron chi connectivity index (χ1n) is 7.14. The fraction of sp³-hybridized carbons (Fsp3) is 0.562. The third kappa shape index (κ3) is 6.44. The molecule has 0 saturated carbocycles. The molecular formula is C16H25NO2S.